The maximum Gasteiger partial charge on any atom is 0.476 e. The van der Waals surface area contributed by atoms with Crippen LogP contribution >= 0.6 is 15.4 Å². The molecule has 0 aromatic rings. The molecule has 0 saturated carbocycles. The zero-order valence-corrected chi connectivity index (χ0v) is 13.2. The van der Waals surface area contributed by atoms with Crippen molar-refractivity contribution in [3.63, 3.8) is 0 Å². The van der Waals surface area contributed by atoms with Crippen molar-refractivity contribution < 1.29 is 58.1 Å². The molecule has 0 fully saturated rings. The van der Waals surface area contributed by atoms with E-state index in [1.54, 1.807) is 0 Å². The van der Waals surface area contributed by atoms with Gasteiger partial charge in [-0.25, -0.2) is 8.88 Å². The van der Waals surface area contributed by atoms with Crippen molar-refractivity contribution in [3.8, 4) is 0 Å². The van der Waals surface area contributed by atoms with Gasteiger partial charge < -0.3 is 40.8 Å². The van der Waals surface area contributed by atoms with Crippen molar-refractivity contribution in [1.29, 1.82) is 0 Å². The van der Waals surface area contributed by atoms with Gasteiger partial charge in [0, 0.05) is 0 Å². The van der Waals surface area contributed by atoms with E-state index in [0.717, 1.165) is 0 Å². The standard InChI is InChI=1S/C8H17NO12P2/c9-5(8(15)7(14)3(11)1-10)6(13)4(12)2-22(16,17)21-23(18,19)20/h3,5,7-8,10-11,14-15H,1-2,9H2,(H,16,17)(H2,18,19,20)/t3-,5+,7+,8-/m1/s1. The van der Waals surface area contributed by atoms with E-state index in [2.05, 4.69) is 4.31 Å². The molecule has 0 aromatic heterocycles. The van der Waals surface area contributed by atoms with E-state index < -0.39 is 64.1 Å². The Morgan fingerprint density at radius 2 is 1.52 bits per heavy atom. The molecule has 0 aliphatic heterocycles. The Kier molecular flexibility index (Phi) is 8.30. The van der Waals surface area contributed by atoms with Gasteiger partial charge in [-0.1, -0.05) is 0 Å². The SMILES string of the molecule is N[C@@H](C(=O)C(=O)CP(=O)(O)OP(=O)(O)O)[C@@H](O)[C@@H](O)[C@H](O)CO. The summed E-state index contributed by atoms with van der Waals surface area (Å²) in [5.41, 5.74) is 5.16. The highest BCUT2D eigenvalue weighted by atomic mass is 31.3. The summed E-state index contributed by atoms with van der Waals surface area (Å²) in [6, 6.07) is -2.13. The Balaban J connectivity index is 4.93. The van der Waals surface area contributed by atoms with Gasteiger partial charge in [0.05, 0.1) is 6.61 Å². The van der Waals surface area contributed by atoms with Crippen LogP contribution in [-0.2, 0) is 23.0 Å². The van der Waals surface area contributed by atoms with Gasteiger partial charge in [0.1, 0.15) is 30.5 Å². The van der Waals surface area contributed by atoms with E-state index in [4.69, 9.17) is 30.6 Å². The topological polar surface area (TPSA) is 245 Å². The van der Waals surface area contributed by atoms with Crippen LogP contribution in [0.1, 0.15) is 0 Å². The molecule has 0 spiro atoms. The zero-order chi connectivity index (χ0) is 18.6. The van der Waals surface area contributed by atoms with Crippen LogP contribution in [-0.4, -0.2) is 83.8 Å². The van der Waals surface area contributed by atoms with E-state index in [9.17, 15) is 28.9 Å². The van der Waals surface area contributed by atoms with E-state index in [0.29, 0.717) is 0 Å². The van der Waals surface area contributed by atoms with Crippen molar-refractivity contribution in [2.75, 3.05) is 12.8 Å². The molecule has 0 aliphatic carbocycles. The lowest BCUT2D eigenvalue weighted by Gasteiger charge is -2.25. The summed E-state index contributed by atoms with van der Waals surface area (Å²) >= 11 is 0. The molecule has 13 nitrogen and oxygen atoms in total. The van der Waals surface area contributed by atoms with E-state index in [-0.39, 0.29) is 0 Å². The van der Waals surface area contributed by atoms with Crippen molar-refractivity contribution in [3.05, 3.63) is 0 Å². The largest absolute Gasteiger partial charge is 0.476 e. The number of Topliss-reactive ketones (excluding diaryl/α,β-unsaturated/α-hetero) is 2. The third kappa shape index (κ3) is 7.70. The van der Waals surface area contributed by atoms with Crippen LogP contribution in [0.5, 0.6) is 0 Å². The maximum atomic E-state index is 11.6. The molecule has 1 unspecified atom stereocenters. The number of carbonyl (C=O) groups excluding carboxylic acids is 2. The summed E-state index contributed by atoms with van der Waals surface area (Å²) in [7, 11) is -10.6. The zero-order valence-electron chi connectivity index (χ0n) is 11.4. The van der Waals surface area contributed by atoms with Gasteiger partial charge in [-0.05, 0) is 0 Å². The molecule has 0 saturated heterocycles. The van der Waals surface area contributed by atoms with Gasteiger partial charge in [-0.3, -0.25) is 14.2 Å². The molecular weight excluding hydrogens is 364 g/mol. The number of ketones is 2. The fourth-order valence-electron chi connectivity index (χ4n) is 1.34. The Morgan fingerprint density at radius 3 is 1.91 bits per heavy atom. The molecule has 9 N–H and O–H groups in total. The molecular formula is C8H17NO12P2. The predicted octanol–water partition coefficient (Wildman–Crippen LogP) is -4.18. The summed E-state index contributed by atoms with van der Waals surface area (Å²) in [5.74, 6) is -3.37. The average molecular weight is 381 g/mol. The van der Waals surface area contributed by atoms with Crippen LogP contribution in [0.3, 0.4) is 0 Å². The lowest BCUT2D eigenvalue weighted by molar-refractivity contribution is -0.141. The number of carbonyl (C=O) groups is 2. The second-order valence-electron chi connectivity index (χ2n) is 4.41. The third-order valence-corrected chi connectivity index (χ3v) is 5.01. The number of aliphatic hydroxyl groups excluding tert-OH is 4. The quantitative estimate of drug-likeness (QED) is 0.132. The summed E-state index contributed by atoms with van der Waals surface area (Å²) < 4.78 is 25.2. The first kappa shape index (κ1) is 22.4. The molecule has 0 rings (SSSR count). The van der Waals surface area contributed by atoms with Gasteiger partial charge in [0.2, 0.25) is 11.6 Å². The third-order valence-electron chi connectivity index (χ3n) is 2.45. The summed E-state index contributed by atoms with van der Waals surface area (Å²) in [6.07, 6.45) is -7.80. The highest BCUT2D eigenvalue weighted by Crippen LogP contribution is 2.56. The molecule has 0 aromatic carbocycles. The second-order valence-corrected chi connectivity index (χ2v) is 7.64. The Bertz CT molecular complexity index is 531. The highest BCUT2D eigenvalue weighted by molar-refractivity contribution is 7.64. The number of aliphatic hydroxyl groups is 4. The van der Waals surface area contributed by atoms with Crippen LogP contribution in [0.2, 0.25) is 0 Å². The summed E-state index contributed by atoms with van der Waals surface area (Å²) in [5, 5.41) is 36.5. The van der Waals surface area contributed by atoms with E-state index in [1.807, 2.05) is 0 Å². The number of phosphoric acid groups is 1. The molecule has 23 heavy (non-hydrogen) atoms. The number of hydrogen-bond donors (Lipinski definition) is 8. The van der Waals surface area contributed by atoms with Crippen molar-refractivity contribution in [2.45, 2.75) is 24.4 Å². The van der Waals surface area contributed by atoms with Crippen LogP contribution in [0, 0.1) is 0 Å². The van der Waals surface area contributed by atoms with Gasteiger partial charge in [0.15, 0.2) is 0 Å². The predicted molar refractivity (Wildman–Crippen MR) is 70.9 cm³/mol. The first-order chi connectivity index (χ1) is 10.2. The molecule has 5 atom stereocenters. The molecule has 0 amide bonds. The van der Waals surface area contributed by atoms with E-state index >= 15 is 0 Å². The summed E-state index contributed by atoms with van der Waals surface area (Å²) in [4.78, 5) is 48.8. The van der Waals surface area contributed by atoms with Crippen molar-refractivity contribution in [2.24, 2.45) is 5.73 Å². The lowest BCUT2D eigenvalue weighted by atomic mass is 9.97. The van der Waals surface area contributed by atoms with Crippen LogP contribution in [0.15, 0.2) is 0 Å². The van der Waals surface area contributed by atoms with Gasteiger partial charge in [-0.2, -0.15) is 0 Å². The Hall–Kier alpha value is -0.560. The molecule has 0 bridgehead atoms. The van der Waals surface area contributed by atoms with Gasteiger partial charge >= 0.3 is 15.4 Å². The first-order valence-corrected chi connectivity index (χ1v) is 9.07. The minimum Gasteiger partial charge on any atom is -0.394 e. The normalized spacial score (nSPS) is 20.2. The minimum absolute atomic E-state index is 0.991. The van der Waals surface area contributed by atoms with E-state index in [1.165, 1.54) is 0 Å². The van der Waals surface area contributed by atoms with Gasteiger partial charge in [0.25, 0.3) is 0 Å². The monoisotopic (exact) mass is 381 g/mol. The lowest BCUT2D eigenvalue weighted by Crippen LogP contribution is -2.54. The smallest absolute Gasteiger partial charge is 0.394 e. The second kappa shape index (κ2) is 8.51. The number of nitrogens with two attached hydrogens (primary N) is 1. The fourth-order valence-corrected chi connectivity index (χ4v) is 3.42. The Morgan fingerprint density at radius 1 is 1.04 bits per heavy atom. The molecule has 0 heterocycles. The van der Waals surface area contributed by atoms with Gasteiger partial charge in [-0.15, -0.1) is 0 Å². The fraction of sp³-hybridized carbons (Fsp3) is 0.750. The van der Waals surface area contributed by atoms with Crippen LogP contribution < -0.4 is 5.73 Å². The van der Waals surface area contributed by atoms with Crippen LogP contribution in [0.25, 0.3) is 0 Å². The summed E-state index contributed by atoms with van der Waals surface area (Å²) in [6.45, 7) is -0.991. The molecule has 136 valence electrons. The molecule has 0 aliphatic rings. The molecule has 0 radical (unpaired) electrons. The average Bonchev–Trinajstić information content (AvgIpc) is 2.39. The Labute approximate surface area is 129 Å². The van der Waals surface area contributed by atoms with Crippen molar-refractivity contribution >= 4 is 27.0 Å². The number of rotatable bonds is 10. The highest BCUT2D eigenvalue weighted by Gasteiger charge is 2.39. The van der Waals surface area contributed by atoms with Crippen LogP contribution in [0.4, 0.5) is 0 Å². The number of hydrogen-bond acceptors (Lipinski definition) is 10. The minimum atomic E-state index is -5.41. The molecule has 15 heteroatoms. The maximum absolute atomic E-state index is 11.6. The first-order valence-electron chi connectivity index (χ1n) is 5.78. The van der Waals surface area contributed by atoms with Crippen molar-refractivity contribution in [1.82, 2.24) is 0 Å².